The van der Waals surface area contributed by atoms with Crippen LogP contribution in [-0.4, -0.2) is 20.4 Å². The Labute approximate surface area is 332 Å². The lowest BCUT2D eigenvalue weighted by Gasteiger charge is -2.53. The van der Waals surface area contributed by atoms with Gasteiger partial charge in [0.2, 0.25) is 0 Å². The first-order chi connectivity index (χ1) is 26.3. The fourth-order valence-corrected chi connectivity index (χ4v) is 11.0. The van der Waals surface area contributed by atoms with Gasteiger partial charge in [-0.25, -0.2) is 0 Å². The topological polar surface area (TPSA) is 80.9 Å². The van der Waals surface area contributed by atoms with Gasteiger partial charge in [-0.05, 0) is 172 Å². The van der Waals surface area contributed by atoms with Crippen molar-refractivity contribution in [2.75, 3.05) is 0 Å². The molecule has 0 spiro atoms. The van der Waals surface area contributed by atoms with E-state index in [0.29, 0.717) is 34.8 Å². The highest BCUT2D eigenvalue weighted by atomic mass is 16.3. The van der Waals surface area contributed by atoms with Gasteiger partial charge in [0.25, 0.3) is 0 Å². The molecule has 0 amide bonds. The SMILES string of the molecule is CCCCCCCCCC(C)(C1CCC(c2ccc(O)c(C)c2)(c2ccc(O)c(C)c2)CC1)C1CCC(c2ccc(O)c(C)c2)(c2ccc(O)c(C)c2)CC1. The van der Waals surface area contributed by atoms with Crippen molar-refractivity contribution in [3.05, 3.63) is 117 Å². The van der Waals surface area contributed by atoms with Crippen molar-refractivity contribution in [3.8, 4) is 23.0 Å². The van der Waals surface area contributed by atoms with E-state index in [1.165, 1.54) is 73.6 Å². The van der Waals surface area contributed by atoms with Gasteiger partial charge in [0, 0.05) is 10.8 Å². The maximum Gasteiger partial charge on any atom is 0.118 e. The molecule has 0 bridgehead atoms. The van der Waals surface area contributed by atoms with Crippen molar-refractivity contribution in [1.29, 1.82) is 0 Å². The molecule has 2 aliphatic rings. The lowest BCUT2D eigenvalue weighted by molar-refractivity contribution is 0.0107. The van der Waals surface area contributed by atoms with Gasteiger partial charge in [-0.1, -0.05) is 107 Å². The second-order valence-electron chi connectivity index (χ2n) is 18.1. The summed E-state index contributed by atoms with van der Waals surface area (Å²) in [5.41, 5.74) is 8.64. The van der Waals surface area contributed by atoms with Gasteiger partial charge in [0.05, 0.1) is 0 Å². The summed E-state index contributed by atoms with van der Waals surface area (Å²) in [5.74, 6) is 2.60. The first-order valence-electron chi connectivity index (χ1n) is 21.5. The molecule has 296 valence electrons. The lowest BCUT2D eigenvalue weighted by Crippen LogP contribution is -2.45. The summed E-state index contributed by atoms with van der Waals surface area (Å²) in [5, 5.41) is 42.0. The van der Waals surface area contributed by atoms with Crippen LogP contribution >= 0.6 is 0 Å². The summed E-state index contributed by atoms with van der Waals surface area (Å²) in [6.07, 6.45) is 19.3. The maximum absolute atomic E-state index is 10.5. The smallest absolute Gasteiger partial charge is 0.118 e. The van der Waals surface area contributed by atoms with E-state index in [1.807, 2.05) is 52.0 Å². The summed E-state index contributed by atoms with van der Waals surface area (Å²) in [7, 11) is 0. The third-order valence-corrected chi connectivity index (χ3v) is 14.9. The van der Waals surface area contributed by atoms with E-state index in [0.717, 1.165) is 73.6 Å². The molecule has 0 unspecified atom stereocenters. The van der Waals surface area contributed by atoms with E-state index in [-0.39, 0.29) is 16.2 Å². The molecule has 2 saturated carbocycles. The number of hydrogen-bond acceptors (Lipinski definition) is 4. The summed E-state index contributed by atoms with van der Waals surface area (Å²) in [4.78, 5) is 0. The molecule has 0 atom stereocenters. The molecule has 55 heavy (non-hydrogen) atoms. The molecule has 4 nitrogen and oxygen atoms in total. The highest BCUT2D eigenvalue weighted by Gasteiger charge is 2.49. The largest absolute Gasteiger partial charge is 0.508 e. The second kappa shape index (κ2) is 17.1. The number of rotatable bonds is 14. The summed E-state index contributed by atoms with van der Waals surface area (Å²) in [6, 6.07) is 24.8. The van der Waals surface area contributed by atoms with Crippen LogP contribution in [0.4, 0.5) is 0 Å². The third-order valence-electron chi connectivity index (χ3n) is 14.9. The van der Waals surface area contributed by atoms with Crippen LogP contribution in [0.1, 0.15) is 161 Å². The van der Waals surface area contributed by atoms with Crippen LogP contribution < -0.4 is 0 Å². The van der Waals surface area contributed by atoms with Crippen LogP contribution in [0.3, 0.4) is 0 Å². The monoisotopic (exact) mass is 745 g/mol. The summed E-state index contributed by atoms with van der Waals surface area (Å²) < 4.78 is 0. The lowest BCUT2D eigenvalue weighted by atomic mass is 9.51. The van der Waals surface area contributed by atoms with Crippen molar-refractivity contribution >= 4 is 0 Å². The Kier molecular flexibility index (Phi) is 12.6. The van der Waals surface area contributed by atoms with Crippen molar-refractivity contribution < 1.29 is 20.4 Å². The molecule has 2 fully saturated rings. The Bertz CT molecular complexity index is 1670. The first kappa shape index (κ1) is 40.7. The third kappa shape index (κ3) is 8.30. The normalized spacial score (nSPS) is 17.7. The van der Waals surface area contributed by atoms with Crippen LogP contribution in [0.15, 0.2) is 72.8 Å². The minimum absolute atomic E-state index is 0.164. The average Bonchev–Trinajstić information content (AvgIpc) is 3.18. The Balaban J connectivity index is 1.31. The first-order valence-corrected chi connectivity index (χ1v) is 21.5. The van der Waals surface area contributed by atoms with Crippen LogP contribution in [0.25, 0.3) is 0 Å². The van der Waals surface area contributed by atoms with Gasteiger partial charge in [-0.15, -0.1) is 0 Å². The highest BCUT2D eigenvalue weighted by molar-refractivity contribution is 5.49. The molecular formula is C51H68O4. The van der Waals surface area contributed by atoms with Crippen molar-refractivity contribution in [2.45, 2.75) is 155 Å². The van der Waals surface area contributed by atoms with E-state index in [2.05, 4.69) is 62.4 Å². The molecular weight excluding hydrogens is 677 g/mol. The van der Waals surface area contributed by atoms with Crippen LogP contribution in [0.5, 0.6) is 23.0 Å². The van der Waals surface area contributed by atoms with Crippen LogP contribution in [0.2, 0.25) is 0 Å². The van der Waals surface area contributed by atoms with Crippen LogP contribution in [0, 0.1) is 44.9 Å². The van der Waals surface area contributed by atoms with E-state index in [1.54, 1.807) is 0 Å². The number of benzene rings is 4. The predicted molar refractivity (Wildman–Crippen MR) is 228 cm³/mol. The predicted octanol–water partition coefficient (Wildman–Crippen LogP) is 13.5. The molecule has 0 saturated heterocycles. The Hall–Kier alpha value is -3.92. The zero-order valence-electron chi connectivity index (χ0n) is 34.7. The van der Waals surface area contributed by atoms with Gasteiger partial charge in [0.1, 0.15) is 23.0 Å². The molecule has 4 heteroatoms. The summed E-state index contributed by atoms with van der Waals surface area (Å²) >= 11 is 0. The zero-order valence-corrected chi connectivity index (χ0v) is 34.7. The quantitative estimate of drug-likeness (QED) is 0.0969. The van der Waals surface area contributed by atoms with Crippen molar-refractivity contribution in [2.24, 2.45) is 17.3 Å². The number of hydrogen-bond donors (Lipinski definition) is 4. The second-order valence-corrected chi connectivity index (χ2v) is 18.1. The highest BCUT2D eigenvalue weighted by Crippen LogP contribution is 2.59. The Morgan fingerprint density at radius 2 is 0.764 bits per heavy atom. The minimum atomic E-state index is -0.164. The number of aryl methyl sites for hydroxylation is 4. The molecule has 0 aliphatic heterocycles. The molecule has 6 rings (SSSR count). The van der Waals surface area contributed by atoms with E-state index < -0.39 is 0 Å². The maximum atomic E-state index is 10.5. The van der Waals surface area contributed by atoms with Gasteiger partial charge in [-0.2, -0.15) is 0 Å². The van der Waals surface area contributed by atoms with Crippen molar-refractivity contribution in [1.82, 2.24) is 0 Å². The van der Waals surface area contributed by atoms with Crippen molar-refractivity contribution in [3.63, 3.8) is 0 Å². The van der Waals surface area contributed by atoms with E-state index in [4.69, 9.17) is 0 Å². The molecule has 2 aliphatic carbocycles. The number of phenols is 4. The Morgan fingerprint density at radius 3 is 1.05 bits per heavy atom. The van der Waals surface area contributed by atoms with Gasteiger partial charge in [0.15, 0.2) is 0 Å². The summed E-state index contributed by atoms with van der Waals surface area (Å²) in [6.45, 7) is 13.0. The molecule has 0 radical (unpaired) electrons. The zero-order chi connectivity index (χ0) is 39.4. The molecule has 4 aromatic rings. The fourth-order valence-electron chi connectivity index (χ4n) is 11.0. The van der Waals surface area contributed by atoms with E-state index >= 15 is 0 Å². The van der Waals surface area contributed by atoms with Gasteiger partial charge >= 0.3 is 0 Å². The number of unbranched alkanes of at least 4 members (excludes halogenated alkanes) is 6. The van der Waals surface area contributed by atoms with Crippen LogP contribution in [-0.2, 0) is 10.8 Å². The fraction of sp³-hybridized carbons (Fsp3) is 0.529. The molecule has 4 N–H and O–H groups in total. The van der Waals surface area contributed by atoms with Gasteiger partial charge < -0.3 is 20.4 Å². The average molecular weight is 745 g/mol. The van der Waals surface area contributed by atoms with E-state index in [9.17, 15) is 20.4 Å². The van der Waals surface area contributed by atoms with Gasteiger partial charge in [-0.3, -0.25) is 0 Å². The standard InChI is InChI=1S/C51H68O4/c1-7-8-9-10-11-12-13-26-49(6,39-22-27-50(28-23-39,41-14-18-45(52)35(2)31-41)42-15-19-46(53)36(3)32-42)40-24-29-51(30-25-40,43-16-20-47(54)37(4)33-43)44-17-21-48(55)38(5)34-44/h14-21,31-34,39-40,52-55H,7-13,22-30H2,1-6H3. The molecule has 0 aromatic heterocycles. The molecule has 0 heterocycles. The Morgan fingerprint density at radius 1 is 0.473 bits per heavy atom. The number of aromatic hydroxyl groups is 4. The molecule has 4 aromatic carbocycles. The number of phenolic OH excluding ortho intramolecular Hbond substituents is 4. The minimum Gasteiger partial charge on any atom is -0.508 e.